The lowest BCUT2D eigenvalue weighted by molar-refractivity contribution is 0.392. The van der Waals surface area contributed by atoms with Crippen molar-refractivity contribution in [3.8, 4) is 5.75 Å². The first-order valence-electron chi connectivity index (χ1n) is 6.10. The van der Waals surface area contributed by atoms with Crippen LogP contribution in [0.2, 0.25) is 5.02 Å². The number of nitrogens with one attached hydrogen (secondary N) is 1. The quantitative estimate of drug-likeness (QED) is 0.910. The van der Waals surface area contributed by atoms with Crippen molar-refractivity contribution in [3.05, 3.63) is 40.2 Å². The SMILES string of the molecule is COc1ccc(Cl)cc1S(=O)(=O)NCc1c(C)noc1C. The zero-order valence-corrected chi connectivity index (χ0v) is 13.4. The molecule has 0 bridgehead atoms. The van der Waals surface area contributed by atoms with Crippen LogP contribution in [0.15, 0.2) is 27.6 Å². The Labute approximate surface area is 128 Å². The van der Waals surface area contributed by atoms with E-state index in [1.165, 1.54) is 19.2 Å². The molecule has 0 saturated heterocycles. The standard InChI is InChI=1S/C13H15ClN2O4S/c1-8-11(9(2)20-16-8)7-15-21(17,18)13-6-10(14)4-5-12(13)19-3/h4-6,15H,7H2,1-3H3. The third-order valence-corrected chi connectivity index (χ3v) is 4.69. The Hall–Kier alpha value is -1.57. The number of halogens is 1. The first-order valence-corrected chi connectivity index (χ1v) is 7.96. The molecule has 1 heterocycles. The Morgan fingerprint density at radius 2 is 2.10 bits per heavy atom. The van der Waals surface area contributed by atoms with E-state index in [2.05, 4.69) is 9.88 Å². The van der Waals surface area contributed by atoms with Crippen molar-refractivity contribution in [1.82, 2.24) is 9.88 Å². The number of aromatic nitrogens is 1. The molecule has 1 aromatic carbocycles. The van der Waals surface area contributed by atoms with Crippen LogP contribution in [0.25, 0.3) is 0 Å². The molecule has 0 atom stereocenters. The van der Waals surface area contributed by atoms with E-state index in [0.29, 0.717) is 22.0 Å². The molecule has 6 nitrogen and oxygen atoms in total. The second-order valence-corrected chi connectivity index (χ2v) is 6.59. The van der Waals surface area contributed by atoms with Gasteiger partial charge in [0, 0.05) is 17.1 Å². The summed E-state index contributed by atoms with van der Waals surface area (Å²) in [5.74, 6) is 0.805. The molecule has 0 amide bonds. The lowest BCUT2D eigenvalue weighted by Crippen LogP contribution is -2.24. The van der Waals surface area contributed by atoms with Gasteiger partial charge < -0.3 is 9.26 Å². The average Bonchev–Trinajstić information content (AvgIpc) is 2.76. The lowest BCUT2D eigenvalue weighted by atomic mass is 10.2. The molecule has 0 aliphatic heterocycles. The van der Waals surface area contributed by atoms with E-state index in [4.69, 9.17) is 20.9 Å². The smallest absolute Gasteiger partial charge is 0.244 e. The van der Waals surface area contributed by atoms with E-state index in [-0.39, 0.29) is 17.2 Å². The molecule has 1 N–H and O–H groups in total. The number of ether oxygens (including phenoxy) is 1. The Kier molecular flexibility index (Phi) is 4.55. The van der Waals surface area contributed by atoms with Crippen LogP contribution < -0.4 is 9.46 Å². The summed E-state index contributed by atoms with van der Waals surface area (Å²) in [6.45, 7) is 3.56. The first-order chi connectivity index (χ1) is 9.85. The predicted octanol–water partition coefficient (Wildman–Crippen LogP) is 2.43. The van der Waals surface area contributed by atoms with Gasteiger partial charge in [-0.05, 0) is 32.0 Å². The van der Waals surface area contributed by atoms with Gasteiger partial charge in [0.1, 0.15) is 16.4 Å². The highest BCUT2D eigenvalue weighted by atomic mass is 35.5. The first kappa shape index (κ1) is 15.8. The maximum absolute atomic E-state index is 12.4. The lowest BCUT2D eigenvalue weighted by Gasteiger charge is -2.11. The van der Waals surface area contributed by atoms with Gasteiger partial charge in [0.05, 0.1) is 12.8 Å². The van der Waals surface area contributed by atoms with Gasteiger partial charge in [0.25, 0.3) is 0 Å². The van der Waals surface area contributed by atoms with Crippen LogP contribution in [0.1, 0.15) is 17.0 Å². The summed E-state index contributed by atoms with van der Waals surface area (Å²) in [4.78, 5) is -0.00994. The Balaban J connectivity index is 2.29. The molecule has 0 unspecified atom stereocenters. The molecule has 0 saturated carbocycles. The van der Waals surface area contributed by atoms with E-state index >= 15 is 0 Å². The summed E-state index contributed by atoms with van der Waals surface area (Å²) in [7, 11) is -2.36. The van der Waals surface area contributed by atoms with Crippen molar-refractivity contribution in [3.63, 3.8) is 0 Å². The fourth-order valence-corrected chi connectivity index (χ4v) is 3.28. The number of methoxy groups -OCH3 is 1. The van der Waals surface area contributed by atoms with Crippen molar-refractivity contribution >= 4 is 21.6 Å². The normalized spacial score (nSPS) is 11.6. The summed E-state index contributed by atoms with van der Waals surface area (Å²) in [5, 5.41) is 4.10. The Bertz CT molecular complexity index is 736. The minimum absolute atomic E-state index is 0.00994. The zero-order chi connectivity index (χ0) is 15.6. The van der Waals surface area contributed by atoms with Gasteiger partial charge in [-0.2, -0.15) is 0 Å². The molecule has 21 heavy (non-hydrogen) atoms. The summed E-state index contributed by atoms with van der Waals surface area (Å²) < 4.78 is 37.3. The van der Waals surface area contributed by atoms with E-state index < -0.39 is 10.0 Å². The molecule has 1 aromatic heterocycles. The van der Waals surface area contributed by atoms with Gasteiger partial charge >= 0.3 is 0 Å². The van der Waals surface area contributed by atoms with E-state index in [9.17, 15) is 8.42 Å². The number of sulfonamides is 1. The molecule has 2 aromatic rings. The van der Waals surface area contributed by atoms with Crippen LogP contribution in [-0.4, -0.2) is 20.7 Å². The van der Waals surface area contributed by atoms with Gasteiger partial charge in [0.15, 0.2) is 0 Å². The third-order valence-electron chi connectivity index (χ3n) is 3.04. The van der Waals surface area contributed by atoms with Crippen molar-refractivity contribution in [2.45, 2.75) is 25.3 Å². The second-order valence-electron chi connectivity index (χ2n) is 4.42. The highest BCUT2D eigenvalue weighted by molar-refractivity contribution is 7.89. The van der Waals surface area contributed by atoms with Crippen molar-refractivity contribution in [2.75, 3.05) is 7.11 Å². The van der Waals surface area contributed by atoms with Crippen molar-refractivity contribution in [1.29, 1.82) is 0 Å². The maximum Gasteiger partial charge on any atom is 0.244 e. The number of rotatable bonds is 5. The molecule has 8 heteroatoms. The molecule has 0 radical (unpaired) electrons. The fourth-order valence-electron chi connectivity index (χ4n) is 1.86. The number of nitrogens with zero attached hydrogens (tertiary/aromatic N) is 1. The van der Waals surface area contributed by atoms with Crippen LogP contribution in [0.3, 0.4) is 0 Å². The maximum atomic E-state index is 12.4. The summed E-state index contributed by atoms with van der Waals surface area (Å²) in [6, 6.07) is 4.41. The van der Waals surface area contributed by atoms with Gasteiger partial charge in [-0.15, -0.1) is 0 Å². The largest absolute Gasteiger partial charge is 0.495 e. The minimum Gasteiger partial charge on any atom is -0.495 e. The van der Waals surface area contributed by atoms with Crippen LogP contribution in [-0.2, 0) is 16.6 Å². The van der Waals surface area contributed by atoms with Gasteiger partial charge in [-0.25, -0.2) is 13.1 Å². The van der Waals surface area contributed by atoms with E-state index in [1.807, 2.05) is 0 Å². The Morgan fingerprint density at radius 1 is 1.38 bits per heavy atom. The number of benzene rings is 1. The average molecular weight is 331 g/mol. The van der Waals surface area contributed by atoms with Crippen LogP contribution in [0.5, 0.6) is 5.75 Å². The molecule has 0 spiro atoms. The van der Waals surface area contributed by atoms with Crippen molar-refractivity contribution < 1.29 is 17.7 Å². The Morgan fingerprint density at radius 3 is 2.67 bits per heavy atom. The predicted molar refractivity (Wildman–Crippen MR) is 78.0 cm³/mol. The monoisotopic (exact) mass is 330 g/mol. The minimum atomic E-state index is -3.76. The summed E-state index contributed by atoms with van der Waals surface area (Å²) >= 11 is 5.86. The summed E-state index contributed by atoms with van der Waals surface area (Å²) in [6.07, 6.45) is 0. The molecule has 0 fully saturated rings. The summed E-state index contributed by atoms with van der Waals surface area (Å²) in [5.41, 5.74) is 1.35. The fraction of sp³-hybridized carbons (Fsp3) is 0.308. The van der Waals surface area contributed by atoms with E-state index in [1.54, 1.807) is 19.9 Å². The molecule has 0 aliphatic carbocycles. The topological polar surface area (TPSA) is 81.4 Å². The zero-order valence-electron chi connectivity index (χ0n) is 11.8. The molecular formula is C13H15ClN2O4S. The third kappa shape index (κ3) is 3.37. The van der Waals surface area contributed by atoms with E-state index in [0.717, 1.165) is 0 Å². The van der Waals surface area contributed by atoms with Gasteiger partial charge in [-0.1, -0.05) is 16.8 Å². The van der Waals surface area contributed by atoms with Crippen LogP contribution in [0.4, 0.5) is 0 Å². The molecule has 2 rings (SSSR count). The number of hydrogen-bond acceptors (Lipinski definition) is 5. The molecule has 114 valence electrons. The highest BCUT2D eigenvalue weighted by Crippen LogP contribution is 2.27. The molecule has 0 aliphatic rings. The number of aryl methyl sites for hydroxylation is 2. The highest BCUT2D eigenvalue weighted by Gasteiger charge is 2.21. The molecular weight excluding hydrogens is 316 g/mol. The number of hydrogen-bond donors (Lipinski definition) is 1. The second kappa shape index (κ2) is 6.05. The van der Waals surface area contributed by atoms with Crippen molar-refractivity contribution in [2.24, 2.45) is 0 Å². The van der Waals surface area contributed by atoms with Crippen LogP contribution >= 0.6 is 11.6 Å². The van der Waals surface area contributed by atoms with Gasteiger partial charge in [-0.3, -0.25) is 0 Å². The van der Waals surface area contributed by atoms with Crippen LogP contribution in [0, 0.1) is 13.8 Å². The van der Waals surface area contributed by atoms with Gasteiger partial charge in [0.2, 0.25) is 10.0 Å².